The van der Waals surface area contributed by atoms with Crippen LogP contribution in [0.25, 0.3) is 0 Å². The first kappa shape index (κ1) is 25.0. The van der Waals surface area contributed by atoms with E-state index in [1.54, 1.807) is 0 Å². The molecule has 0 unspecified atom stereocenters. The van der Waals surface area contributed by atoms with Crippen LogP contribution in [0, 0.1) is 27.7 Å². The van der Waals surface area contributed by atoms with Gasteiger partial charge in [0.1, 0.15) is 11.7 Å². The number of hydrogen-bond acceptors (Lipinski definition) is 4. The summed E-state index contributed by atoms with van der Waals surface area (Å²) in [5.41, 5.74) is 0.233. The van der Waals surface area contributed by atoms with Crippen LogP contribution in [0.3, 0.4) is 0 Å². The summed E-state index contributed by atoms with van der Waals surface area (Å²) in [5.74, 6) is 0. The number of rotatable bonds is 3. The van der Waals surface area contributed by atoms with Crippen LogP contribution in [-0.2, 0) is 4.79 Å². The maximum atomic E-state index is 9.82. The lowest BCUT2D eigenvalue weighted by atomic mass is 9.93. The van der Waals surface area contributed by atoms with E-state index in [0.717, 1.165) is 12.7 Å². The third kappa shape index (κ3) is 51.5. The van der Waals surface area contributed by atoms with Crippen LogP contribution < -0.4 is 0 Å². The highest BCUT2D eigenvalue weighted by atomic mass is 16.7. The van der Waals surface area contributed by atoms with Crippen molar-refractivity contribution in [2.24, 2.45) is 10.8 Å². The SMILES string of the molecule is CC(C)(C)CC=O.O.O=O.[CH2+]C(C)(C)CCO. The van der Waals surface area contributed by atoms with Gasteiger partial charge in [-0.25, -0.2) is 0 Å². The molecule has 0 spiro atoms. The second-order valence-electron chi connectivity index (χ2n) is 5.57. The predicted molar refractivity (Wildman–Crippen MR) is 71.3 cm³/mol. The summed E-state index contributed by atoms with van der Waals surface area (Å²) >= 11 is 0. The van der Waals surface area contributed by atoms with E-state index in [0.29, 0.717) is 6.42 Å². The van der Waals surface area contributed by atoms with Gasteiger partial charge in [0.15, 0.2) is 0 Å². The van der Waals surface area contributed by atoms with Crippen molar-refractivity contribution >= 4 is 6.29 Å². The Bertz CT molecular complexity index is 155. The number of aldehydes is 1. The fourth-order valence-electron chi connectivity index (χ4n) is 0.553. The first-order valence-electron chi connectivity index (χ1n) is 5.19. The van der Waals surface area contributed by atoms with Crippen LogP contribution in [0.1, 0.15) is 47.5 Å². The van der Waals surface area contributed by atoms with Crippen molar-refractivity contribution < 1.29 is 15.4 Å². The van der Waals surface area contributed by atoms with Crippen LogP contribution in [-0.4, -0.2) is 23.5 Å². The molecule has 0 amide bonds. The monoisotopic (exact) mass is 251 g/mol. The van der Waals surface area contributed by atoms with E-state index in [9.17, 15) is 4.79 Å². The van der Waals surface area contributed by atoms with E-state index in [1.807, 2.05) is 34.6 Å². The average Bonchev–Trinajstić information content (AvgIpc) is 2.04. The molecule has 0 saturated carbocycles. The summed E-state index contributed by atoms with van der Waals surface area (Å²) in [6.45, 7) is 14.2. The van der Waals surface area contributed by atoms with Crippen LogP contribution >= 0.6 is 0 Å². The fourth-order valence-corrected chi connectivity index (χ4v) is 0.553. The molecule has 0 radical (unpaired) electrons. The molecule has 0 aliphatic rings. The van der Waals surface area contributed by atoms with Crippen molar-refractivity contribution in [1.82, 2.24) is 0 Å². The van der Waals surface area contributed by atoms with Gasteiger partial charge < -0.3 is 15.4 Å². The van der Waals surface area contributed by atoms with Gasteiger partial charge in [-0.3, -0.25) is 0 Å². The molecule has 0 bridgehead atoms. The molecule has 0 aromatic carbocycles. The number of aliphatic hydroxyl groups is 1. The van der Waals surface area contributed by atoms with Crippen LogP contribution in [0.5, 0.6) is 0 Å². The van der Waals surface area contributed by atoms with E-state index in [2.05, 4.69) is 6.92 Å². The van der Waals surface area contributed by atoms with Crippen molar-refractivity contribution in [3.8, 4) is 0 Å². The Labute approximate surface area is 104 Å². The average molecular weight is 251 g/mol. The normalized spacial score (nSPS) is 9.76. The van der Waals surface area contributed by atoms with Gasteiger partial charge in [0.05, 0.1) is 6.92 Å². The van der Waals surface area contributed by atoms with E-state index < -0.39 is 0 Å². The maximum absolute atomic E-state index is 9.82. The lowest BCUT2D eigenvalue weighted by Gasteiger charge is -2.11. The van der Waals surface area contributed by atoms with E-state index in [1.165, 1.54) is 0 Å². The third-order valence-corrected chi connectivity index (χ3v) is 1.48. The molecule has 3 N–H and O–H groups in total. The lowest BCUT2D eigenvalue weighted by Crippen LogP contribution is -2.06. The molecule has 0 aromatic rings. The van der Waals surface area contributed by atoms with Gasteiger partial charge in [-0.1, -0.05) is 20.8 Å². The number of hydrogen-bond donors (Lipinski definition) is 1. The van der Waals surface area contributed by atoms with Gasteiger partial charge in [-0.05, 0) is 19.3 Å². The van der Waals surface area contributed by atoms with Gasteiger partial charge in [0.25, 0.3) is 0 Å². The van der Waals surface area contributed by atoms with E-state index in [4.69, 9.17) is 15.0 Å². The summed E-state index contributed by atoms with van der Waals surface area (Å²) in [6, 6.07) is 0. The zero-order chi connectivity index (χ0) is 13.8. The molecule has 0 aliphatic heterocycles. The minimum absolute atomic E-state index is 0. The summed E-state index contributed by atoms with van der Waals surface area (Å²) in [5, 5.41) is 8.36. The van der Waals surface area contributed by atoms with Crippen molar-refractivity contribution in [3.05, 3.63) is 16.9 Å². The molecule has 17 heavy (non-hydrogen) atoms. The molecular formula is C12H27O5+. The van der Waals surface area contributed by atoms with Gasteiger partial charge >= 0.3 is 0 Å². The van der Waals surface area contributed by atoms with Gasteiger partial charge in [0, 0.05) is 29.4 Å². The van der Waals surface area contributed by atoms with Crippen molar-refractivity contribution in [1.29, 1.82) is 0 Å². The molecule has 0 aromatic heterocycles. The molecule has 0 atom stereocenters. The van der Waals surface area contributed by atoms with E-state index in [-0.39, 0.29) is 22.9 Å². The molecule has 0 rings (SSSR count). The zero-order valence-electron chi connectivity index (χ0n) is 11.6. The highest BCUT2D eigenvalue weighted by molar-refractivity contribution is 5.50. The number of aliphatic hydroxyl groups excluding tert-OH is 1. The molecular weight excluding hydrogens is 224 g/mol. The van der Waals surface area contributed by atoms with Gasteiger partial charge in [0.2, 0.25) is 0 Å². The lowest BCUT2D eigenvalue weighted by molar-refractivity contribution is -0.109. The number of carbonyl (C=O) groups is 1. The quantitative estimate of drug-likeness (QED) is 0.612. The molecule has 5 nitrogen and oxygen atoms in total. The van der Waals surface area contributed by atoms with Crippen molar-refractivity contribution in [2.75, 3.05) is 6.61 Å². The molecule has 0 fully saturated rings. The smallest absolute Gasteiger partial charge is 0.120 e. The summed E-state index contributed by atoms with van der Waals surface area (Å²) in [4.78, 5) is 23.8. The Hall–Kier alpha value is -0.940. The van der Waals surface area contributed by atoms with Gasteiger partial charge in [-0.15, -0.1) is 0 Å². The summed E-state index contributed by atoms with van der Waals surface area (Å²) < 4.78 is 0. The second kappa shape index (κ2) is 13.1. The van der Waals surface area contributed by atoms with Gasteiger partial charge in [-0.2, -0.15) is 0 Å². The number of carbonyl (C=O) groups excluding carboxylic acids is 1. The highest BCUT2D eigenvalue weighted by Gasteiger charge is 2.15. The largest absolute Gasteiger partial charge is 0.412 e. The highest BCUT2D eigenvalue weighted by Crippen LogP contribution is 2.16. The molecule has 0 saturated heterocycles. The van der Waals surface area contributed by atoms with Crippen LogP contribution in [0.15, 0.2) is 0 Å². The summed E-state index contributed by atoms with van der Waals surface area (Å²) in [6.07, 6.45) is 2.40. The molecule has 5 heteroatoms. The maximum Gasteiger partial charge on any atom is 0.120 e. The minimum Gasteiger partial charge on any atom is -0.412 e. The predicted octanol–water partition coefficient (Wildman–Crippen LogP) is 2.09. The Morgan fingerprint density at radius 3 is 1.47 bits per heavy atom. The fraction of sp³-hybridized carbons (Fsp3) is 0.833. The second-order valence-corrected chi connectivity index (χ2v) is 5.57. The zero-order valence-corrected chi connectivity index (χ0v) is 11.6. The first-order valence-corrected chi connectivity index (χ1v) is 5.19. The Balaban J connectivity index is -0.0000000823. The Morgan fingerprint density at radius 2 is 1.47 bits per heavy atom. The third-order valence-electron chi connectivity index (χ3n) is 1.48. The Morgan fingerprint density at radius 1 is 1.12 bits per heavy atom. The minimum atomic E-state index is 0. The molecule has 104 valence electrons. The van der Waals surface area contributed by atoms with E-state index >= 15 is 0 Å². The standard InChI is InChI=1S/C6H13O.C6H12O.O2.H2O/c2*1-6(2,3)4-5-7;1-2;/h7H,1,4-5H2,2-3H3;5H,4H2,1-3H3;;1H2/q+1;;;. The van der Waals surface area contributed by atoms with Crippen molar-refractivity contribution in [2.45, 2.75) is 47.5 Å². The summed E-state index contributed by atoms with van der Waals surface area (Å²) in [7, 11) is 0. The Kier molecular flexibility index (Phi) is 19.3. The topological polar surface area (TPSA) is 103 Å². The van der Waals surface area contributed by atoms with Crippen LogP contribution in [0.2, 0.25) is 0 Å². The first-order chi connectivity index (χ1) is 7.12. The molecule has 0 heterocycles. The molecule has 0 aliphatic carbocycles. The van der Waals surface area contributed by atoms with Crippen molar-refractivity contribution in [3.63, 3.8) is 0 Å². The van der Waals surface area contributed by atoms with Crippen LogP contribution in [0.4, 0.5) is 0 Å².